The Morgan fingerprint density at radius 1 is 0.208 bits per heavy atom. The highest BCUT2D eigenvalue weighted by Gasteiger charge is 2.13. The van der Waals surface area contributed by atoms with Gasteiger partial charge in [-0.05, 0) is 62.2 Å². The van der Waals surface area contributed by atoms with Gasteiger partial charge in [0.2, 0.25) is 0 Å². The summed E-state index contributed by atoms with van der Waals surface area (Å²) in [5.74, 6) is 0. The minimum Gasteiger partial charge on any atom is -0.0622 e. The second kappa shape index (κ2) is 25.7. The average Bonchev–Trinajstić information content (AvgIpc) is 3.15. The molecule has 0 aliphatic carbocycles. The van der Waals surface area contributed by atoms with Gasteiger partial charge in [-0.15, -0.1) is 0 Å². The lowest BCUT2D eigenvalue weighted by Crippen LogP contribution is -2.13. The van der Waals surface area contributed by atoms with Gasteiger partial charge in [-0.1, -0.05) is 237 Å². The molecule has 0 radical (unpaired) electrons. The largest absolute Gasteiger partial charge is 0.0622 e. The fourth-order valence-electron chi connectivity index (χ4n) is 6.97. The topological polar surface area (TPSA) is 0 Å². The van der Waals surface area contributed by atoms with Crippen molar-refractivity contribution in [3.05, 3.63) is 121 Å². The van der Waals surface area contributed by atoms with Gasteiger partial charge < -0.3 is 0 Å². The van der Waals surface area contributed by atoms with E-state index in [0.29, 0.717) is 0 Å². The zero-order chi connectivity index (χ0) is 33.2. The number of unbranched alkanes of at least 4 members (excludes halogenated alkanes) is 19. The van der Waals surface area contributed by atoms with E-state index in [-0.39, 0.29) is 15.8 Å². The van der Waals surface area contributed by atoms with Gasteiger partial charge in [0, 0.05) is 0 Å². The van der Waals surface area contributed by atoms with E-state index in [1.54, 1.807) is 0 Å². The van der Waals surface area contributed by atoms with Crippen LogP contribution in [0.1, 0.15) is 128 Å². The van der Waals surface area contributed by atoms with Gasteiger partial charge in [0.05, 0.1) is 0 Å². The van der Waals surface area contributed by atoms with E-state index in [0.717, 1.165) is 0 Å². The zero-order valence-electron chi connectivity index (χ0n) is 30.0. The number of hydrogen-bond donors (Lipinski definition) is 0. The van der Waals surface area contributed by atoms with Gasteiger partial charge in [0.1, 0.15) is 0 Å². The van der Waals surface area contributed by atoms with Crippen LogP contribution in [0.5, 0.6) is 0 Å². The molecule has 0 amide bonds. The van der Waals surface area contributed by atoms with Crippen molar-refractivity contribution >= 4 is 37.1 Å². The van der Waals surface area contributed by atoms with E-state index in [1.807, 2.05) is 0 Å². The molecule has 0 bridgehead atoms. The van der Waals surface area contributed by atoms with Crippen molar-refractivity contribution in [3.63, 3.8) is 0 Å². The van der Waals surface area contributed by atoms with Crippen LogP contribution >= 0.6 is 15.8 Å². The summed E-state index contributed by atoms with van der Waals surface area (Å²) < 4.78 is 0. The van der Waals surface area contributed by atoms with Gasteiger partial charge in [0.25, 0.3) is 0 Å². The number of benzene rings is 4. The Morgan fingerprint density at radius 2 is 0.375 bits per heavy atom. The minimum absolute atomic E-state index is 0.211. The molecule has 0 aromatic heterocycles. The summed E-state index contributed by atoms with van der Waals surface area (Å²) in [5, 5.41) is 6.13. The quantitative estimate of drug-likeness (QED) is 0.0435. The first-order chi connectivity index (χ1) is 23.9. The van der Waals surface area contributed by atoms with E-state index in [4.69, 9.17) is 0 Å². The summed E-state index contributed by atoms with van der Waals surface area (Å²) in [6.07, 6.45) is 31.3. The van der Waals surface area contributed by atoms with Crippen molar-refractivity contribution in [2.24, 2.45) is 0 Å². The molecule has 0 heterocycles. The maximum atomic E-state index is 2.33. The van der Waals surface area contributed by atoms with Crippen molar-refractivity contribution in [1.29, 1.82) is 0 Å². The van der Waals surface area contributed by atoms with Crippen LogP contribution in [0.2, 0.25) is 0 Å². The first kappa shape index (κ1) is 38.5. The molecule has 0 saturated heterocycles. The second-order valence-electron chi connectivity index (χ2n) is 13.7. The highest BCUT2D eigenvalue weighted by atomic mass is 31.1. The summed E-state index contributed by atoms with van der Waals surface area (Å²) in [5.41, 5.74) is 0. The fourth-order valence-corrected chi connectivity index (χ4v) is 11.8. The Hall–Kier alpha value is -2.26. The van der Waals surface area contributed by atoms with Crippen LogP contribution in [0.15, 0.2) is 121 Å². The maximum absolute atomic E-state index is 2.33. The minimum atomic E-state index is -0.211. The average molecular weight is 679 g/mol. The van der Waals surface area contributed by atoms with Gasteiger partial charge in [-0.25, -0.2) is 0 Å². The van der Waals surface area contributed by atoms with Crippen LogP contribution in [0.3, 0.4) is 0 Å². The predicted molar refractivity (Wildman–Crippen MR) is 220 cm³/mol. The Morgan fingerprint density at radius 3 is 0.562 bits per heavy atom. The van der Waals surface area contributed by atoms with E-state index >= 15 is 0 Å². The molecule has 258 valence electrons. The molecule has 0 nitrogen and oxygen atoms in total. The zero-order valence-corrected chi connectivity index (χ0v) is 31.8. The van der Waals surface area contributed by atoms with Gasteiger partial charge >= 0.3 is 0 Å². The summed E-state index contributed by atoms with van der Waals surface area (Å²) in [6, 6.07) is 44.8. The van der Waals surface area contributed by atoms with Crippen LogP contribution in [0.25, 0.3) is 0 Å². The van der Waals surface area contributed by atoms with Crippen molar-refractivity contribution in [1.82, 2.24) is 0 Å². The van der Waals surface area contributed by atoms with Crippen molar-refractivity contribution in [3.8, 4) is 0 Å². The third-order valence-electron chi connectivity index (χ3n) is 9.78. The number of rotatable bonds is 27. The van der Waals surface area contributed by atoms with Gasteiger partial charge in [0.15, 0.2) is 0 Å². The lowest BCUT2D eigenvalue weighted by Gasteiger charge is -2.18. The molecular weight excluding hydrogens is 614 g/mol. The summed E-state index contributed by atoms with van der Waals surface area (Å²) >= 11 is 0. The molecule has 0 N–H and O–H groups in total. The molecule has 0 atom stereocenters. The van der Waals surface area contributed by atoms with Crippen LogP contribution in [0.4, 0.5) is 0 Å². The van der Waals surface area contributed by atoms with Crippen molar-refractivity contribution in [2.75, 3.05) is 12.3 Å². The first-order valence-corrected chi connectivity index (χ1v) is 22.7. The molecule has 4 rings (SSSR count). The molecule has 0 aliphatic heterocycles. The van der Waals surface area contributed by atoms with Crippen LogP contribution in [-0.4, -0.2) is 12.3 Å². The predicted octanol–water partition coefficient (Wildman–Crippen LogP) is 13.1. The van der Waals surface area contributed by atoms with Gasteiger partial charge in [-0.3, -0.25) is 0 Å². The molecular formula is C46H64P2. The molecule has 48 heavy (non-hydrogen) atoms. The second-order valence-corrected chi connectivity index (χ2v) is 18.4. The third-order valence-corrected chi connectivity index (χ3v) is 15.0. The molecule has 0 unspecified atom stereocenters. The van der Waals surface area contributed by atoms with E-state index in [2.05, 4.69) is 121 Å². The van der Waals surface area contributed by atoms with Crippen LogP contribution < -0.4 is 21.2 Å². The Bertz CT molecular complexity index is 1090. The number of hydrogen-bond acceptors (Lipinski definition) is 0. The van der Waals surface area contributed by atoms with Gasteiger partial charge in [-0.2, -0.15) is 0 Å². The Kier molecular flexibility index (Phi) is 20.6. The molecule has 0 fully saturated rings. The molecule has 4 aromatic carbocycles. The lowest BCUT2D eigenvalue weighted by molar-refractivity contribution is 0.523. The Labute approximate surface area is 298 Å². The standard InChI is InChI=1S/C46H64P2/c1(3-5-7-9-11-13-15-17-31-41-47(43-33-23-19-24-34-43)44-35-25-20-26-36-44)2-4-6-8-10-12-14-16-18-32-42-48(45-37-27-21-28-38-45)46-39-29-22-30-40-46/h19-30,33-40H,1-18,31-32,41-42H2. The van der Waals surface area contributed by atoms with Crippen molar-refractivity contribution in [2.45, 2.75) is 128 Å². The summed E-state index contributed by atoms with van der Waals surface area (Å²) in [4.78, 5) is 0. The normalized spacial score (nSPS) is 11.5. The fraction of sp³-hybridized carbons (Fsp3) is 0.478. The van der Waals surface area contributed by atoms with E-state index < -0.39 is 0 Å². The third kappa shape index (κ3) is 16.0. The SMILES string of the molecule is c1ccc(P(CCCCCCCCCCCCCCCCCCCCCCP(c2ccccc2)c2ccccc2)c2ccccc2)cc1. The summed E-state index contributed by atoms with van der Waals surface area (Å²) in [6.45, 7) is 0. The smallest absolute Gasteiger partial charge is 0.0195 e. The highest BCUT2D eigenvalue weighted by molar-refractivity contribution is 7.73. The lowest BCUT2D eigenvalue weighted by atomic mass is 10.0. The molecule has 0 spiro atoms. The first-order valence-electron chi connectivity index (χ1n) is 19.7. The summed E-state index contributed by atoms with van der Waals surface area (Å²) in [7, 11) is -0.421. The monoisotopic (exact) mass is 678 g/mol. The Balaban J connectivity index is 0.888. The molecule has 2 heteroatoms. The maximum Gasteiger partial charge on any atom is -0.0195 e. The van der Waals surface area contributed by atoms with Crippen molar-refractivity contribution < 1.29 is 0 Å². The molecule has 0 aliphatic rings. The van der Waals surface area contributed by atoms with Crippen LogP contribution in [-0.2, 0) is 0 Å². The van der Waals surface area contributed by atoms with Crippen LogP contribution in [0, 0.1) is 0 Å². The highest BCUT2D eigenvalue weighted by Crippen LogP contribution is 2.36. The van der Waals surface area contributed by atoms with E-state index in [1.165, 1.54) is 162 Å². The van der Waals surface area contributed by atoms with E-state index in [9.17, 15) is 0 Å². The molecule has 4 aromatic rings. The molecule has 0 saturated carbocycles.